The second kappa shape index (κ2) is 5.83. The van der Waals surface area contributed by atoms with E-state index >= 15 is 0 Å². The van der Waals surface area contributed by atoms with Gasteiger partial charge in [-0.1, -0.05) is 0 Å². The molecule has 0 bridgehead atoms. The molecule has 0 atom stereocenters. The minimum absolute atomic E-state index is 0.379. The number of nitrogens with two attached hydrogens (primary N) is 2. The van der Waals surface area contributed by atoms with Gasteiger partial charge in [-0.05, 0) is 52.3 Å². The molecule has 2 rings (SSSR count). The zero-order valence-corrected chi connectivity index (χ0v) is 12.4. The van der Waals surface area contributed by atoms with Crippen molar-refractivity contribution in [3.8, 4) is 5.75 Å². The number of halogens is 1. The lowest BCUT2D eigenvalue weighted by Gasteiger charge is -2.11. The maximum absolute atomic E-state index is 11.1. The zero-order valence-electron chi connectivity index (χ0n) is 10.8. The van der Waals surface area contributed by atoms with Crippen LogP contribution in [0.4, 0.5) is 17.1 Å². The van der Waals surface area contributed by atoms with Gasteiger partial charge < -0.3 is 21.5 Å². The Morgan fingerprint density at radius 1 is 1.25 bits per heavy atom. The van der Waals surface area contributed by atoms with E-state index in [4.69, 9.17) is 16.2 Å². The van der Waals surface area contributed by atoms with Crippen molar-refractivity contribution in [2.24, 2.45) is 5.73 Å². The lowest BCUT2D eigenvalue weighted by atomic mass is 10.1. The number of primary amides is 1. The third kappa shape index (κ3) is 3.03. The molecule has 0 aliphatic heterocycles. The molecule has 2 aromatic rings. The summed E-state index contributed by atoms with van der Waals surface area (Å²) in [6.07, 6.45) is 0. The minimum Gasteiger partial charge on any atom is -0.496 e. The summed E-state index contributed by atoms with van der Waals surface area (Å²) in [5.41, 5.74) is 13.5. The molecule has 0 spiro atoms. The van der Waals surface area contributed by atoms with E-state index in [1.54, 1.807) is 25.3 Å². The number of rotatable bonds is 4. The van der Waals surface area contributed by atoms with Crippen molar-refractivity contribution in [2.75, 3.05) is 18.2 Å². The molecule has 0 aliphatic rings. The minimum atomic E-state index is -0.504. The van der Waals surface area contributed by atoms with Crippen molar-refractivity contribution in [2.45, 2.75) is 0 Å². The van der Waals surface area contributed by atoms with Gasteiger partial charge >= 0.3 is 0 Å². The van der Waals surface area contributed by atoms with Crippen LogP contribution in [0.2, 0.25) is 0 Å². The molecule has 0 heterocycles. The molecule has 0 fully saturated rings. The van der Waals surface area contributed by atoms with Crippen molar-refractivity contribution >= 4 is 38.9 Å². The summed E-state index contributed by atoms with van der Waals surface area (Å²) in [4.78, 5) is 11.1. The number of nitrogen functional groups attached to an aromatic ring is 1. The fraction of sp³-hybridized carbons (Fsp3) is 0.0714. The summed E-state index contributed by atoms with van der Waals surface area (Å²) in [6, 6.07) is 10.5. The largest absolute Gasteiger partial charge is 0.496 e. The topological polar surface area (TPSA) is 90.4 Å². The van der Waals surface area contributed by atoms with E-state index in [9.17, 15) is 4.79 Å². The lowest BCUT2D eigenvalue weighted by molar-refractivity contribution is 0.100. The van der Waals surface area contributed by atoms with Crippen molar-refractivity contribution in [1.82, 2.24) is 0 Å². The predicted molar refractivity (Wildman–Crippen MR) is 83.3 cm³/mol. The van der Waals surface area contributed by atoms with Gasteiger partial charge in [0.2, 0.25) is 5.91 Å². The van der Waals surface area contributed by atoms with E-state index in [1.165, 1.54) is 0 Å². The molecule has 0 saturated heterocycles. The third-order valence-corrected chi connectivity index (χ3v) is 3.39. The van der Waals surface area contributed by atoms with Crippen LogP contribution in [0.25, 0.3) is 0 Å². The van der Waals surface area contributed by atoms with Gasteiger partial charge in [-0.15, -0.1) is 0 Å². The first kappa shape index (κ1) is 14.2. The molecule has 0 aliphatic carbocycles. The van der Waals surface area contributed by atoms with E-state index in [0.717, 1.165) is 15.9 Å². The van der Waals surface area contributed by atoms with E-state index in [-0.39, 0.29) is 0 Å². The Morgan fingerprint density at radius 2 is 2.00 bits per heavy atom. The Balaban J connectivity index is 2.26. The number of nitrogens with one attached hydrogen (secondary N) is 1. The average molecular weight is 336 g/mol. The molecule has 5 N–H and O–H groups in total. The summed E-state index contributed by atoms with van der Waals surface area (Å²) in [6.45, 7) is 0. The quantitative estimate of drug-likeness (QED) is 0.749. The van der Waals surface area contributed by atoms with Gasteiger partial charge in [-0.25, -0.2) is 0 Å². The Morgan fingerprint density at radius 3 is 2.55 bits per heavy atom. The summed E-state index contributed by atoms with van der Waals surface area (Å²) in [5.74, 6) is 0.239. The molecule has 20 heavy (non-hydrogen) atoms. The summed E-state index contributed by atoms with van der Waals surface area (Å²) < 4.78 is 6.00. The lowest BCUT2D eigenvalue weighted by Crippen LogP contribution is -2.11. The Labute approximate surface area is 125 Å². The monoisotopic (exact) mass is 335 g/mol. The molecular formula is C14H14BrN3O2. The van der Waals surface area contributed by atoms with Crippen LogP contribution in [0, 0.1) is 0 Å². The number of hydrogen-bond donors (Lipinski definition) is 3. The molecule has 5 nitrogen and oxygen atoms in total. The second-order valence-corrected chi connectivity index (χ2v) is 4.99. The maximum atomic E-state index is 11.1. The van der Waals surface area contributed by atoms with Crippen molar-refractivity contribution < 1.29 is 9.53 Å². The van der Waals surface area contributed by atoms with Crippen LogP contribution in [0.3, 0.4) is 0 Å². The number of ether oxygens (including phenoxy) is 1. The number of hydrogen-bond acceptors (Lipinski definition) is 4. The van der Waals surface area contributed by atoms with E-state index in [0.29, 0.717) is 16.9 Å². The van der Waals surface area contributed by atoms with Crippen LogP contribution < -0.4 is 21.5 Å². The van der Waals surface area contributed by atoms with Crippen molar-refractivity contribution in [1.29, 1.82) is 0 Å². The highest BCUT2D eigenvalue weighted by atomic mass is 79.9. The summed E-state index contributed by atoms with van der Waals surface area (Å²) in [7, 11) is 1.60. The molecule has 104 valence electrons. The van der Waals surface area contributed by atoms with Gasteiger partial charge in [0.25, 0.3) is 0 Å². The fourth-order valence-corrected chi connectivity index (χ4v) is 2.27. The number of anilines is 3. The van der Waals surface area contributed by atoms with E-state index < -0.39 is 5.91 Å². The van der Waals surface area contributed by atoms with E-state index in [1.807, 2.05) is 18.2 Å². The van der Waals surface area contributed by atoms with Gasteiger partial charge in [0, 0.05) is 11.3 Å². The highest BCUT2D eigenvalue weighted by Crippen LogP contribution is 2.30. The fourth-order valence-electron chi connectivity index (χ4n) is 1.73. The molecule has 6 heteroatoms. The number of carbonyl (C=O) groups is 1. The molecule has 0 aromatic heterocycles. The van der Waals surface area contributed by atoms with Gasteiger partial charge in [-0.3, -0.25) is 4.79 Å². The number of amides is 1. The number of carbonyl (C=O) groups excluding carboxylic acids is 1. The summed E-state index contributed by atoms with van der Waals surface area (Å²) in [5, 5.41) is 3.17. The Hall–Kier alpha value is -2.21. The second-order valence-electron chi connectivity index (χ2n) is 4.14. The van der Waals surface area contributed by atoms with Crippen LogP contribution in [0.1, 0.15) is 10.4 Å². The van der Waals surface area contributed by atoms with Gasteiger partial charge in [0.15, 0.2) is 0 Å². The SMILES string of the molecule is COc1ccc(Nc2ccc(C(N)=O)cc2N)cc1Br. The Kier molecular flexibility index (Phi) is 4.14. The van der Waals surface area contributed by atoms with Gasteiger partial charge in [0.1, 0.15) is 5.75 Å². The van der Waals surface area contributed by atoms with Gasteiger partial charge in [-0.2, -0.15) is 0 Å². The maximum Gasteiger partial charge on any atom is 0.248 e. The molecular weight excluding hydrogens is 322 g/mol. The third-order valence-electron chi connectivity index (χ3n) is 2.77. The van der Waals surface area contributed by atoms with Crippen LogP contribution in [0.5, 0.6) is 5.75 Å². The highest BCUT2D eigenvalue weighted by molar-refractivity contribution is 9.10. The normalized spacial score (nSPS) is 10.1. The highest BCUT2D eigenvalue weighted by Gasteiger charge is 2.06. The van der Waals surface area contributed by atoms with Crippen LogP contribution in [0.15, 0.2) is 40.9 Å². The smallest absolute Gasteiger partial charge is 0.248 e. The predicted octanol–water partition coefficient (Wildman–Crippen LogP) is 2.88. The molecule has 0 radical (unpaired) electrons. The standard InChI is InChI=1S/C14H14BrN3O2/c1-20-13-5-3-9(7-10(13)15)18-12-4-2-8(14(17)19)6-11(12)16/h2-7,18H,16H2,1H3,(H2,17,19). The Bertz CT molecular complexity index is 659. The van der Waals surface area contributed by atoms with Crippen LogP contribution in [-0.2, 0) is 0 Å². The molecule has 0 saturated carbocycles. The first-order valence-electron chi connectivity index (χ1n) is 5.81. The first-order chi connectivity index (χ1) is 9.51. The van der Waals surface area contributed by atoms with E-state index in [2.05, 4.69) is 21.2 Å². The van der Waals surface area contributed by atoms with Crippen molar-refractivity contribution in [3.05, 3.63) is 46.4 Å². The number of benzene rings is 2. The van der Waals surface area contributed by atoms with Crippen LogP contribution >= 0.6 is 15.9 Å². The molecule has 1 amide bonds. The molecule has 0 unspecified atom stereocenters. The molecule has 2 aromatic carbocycles. The summed E-state index contributed by atoms with van der Waals surface area (Å²) >= 11 is 3.41. The number of methoxy groups -OCH3 is 1. The first-order valence-corrected chi connectivity index (χ1v) is 6.60. The average Bonchev–Trinajstić information content (AvgIpc) is 2.41. The van der Waals surface area contributed by atoms with Crippen molar-refractivity contribution in [3.63, 3.8) is 0 Å². The van der Waals surface area contributed by atoms with Gasteiger partial charge in [0.05, 0.1) is 23.0 Å². The van der Waals surface area contributed by atoms with Crippen LogP contribution in [-0.4, -0.2) is 13.0 Å². The zero-order chi connectivity index (χ0) is 14.7.